The number of carbonyl (C=O) groups excluding carboxylic acids is 2. The molecule has 5 heteroatoms. The van der Waals surface area contributed by atoms with E-state index in [0.717, 1.165) is 30.6 Å². The maximum atomic E-state index is 12.5. The zero-order chi connectivity index (χ0) is 15.8. The van der Waals surface area contributed by atoms with Crippen molar-refractivity contribution in [3.05, 3.63) is 51.2 Å². The molecule has 0 spiro atoms. The van der Waals surface area contributed by atoms with Crippen LogP contribution >= 0.6 is 11.3 Å². The molecule has 23 heavy (non-hydrogen) atoms. The number of aryl methyl sites for hydroxylation is 2. The van der Waals surface area contributed by atoms with Gasteiger partial charge >= 0.3 is 0 Å². The van der Waals surface area contributed by atoms with Crippen molar-refractivity contribution in [2.24, 2.45) is 0 Å². The molecule has 2 aliphatic carbocycles. The van der Waals surface area contributed by atoms with Gasteiger partial charge in [-0.05, 0) is 55.9 Å². The third-order valence-electron chi connectivity index (χ3n) is 4.30. The fourth-order valence-corrected chi connectivity index (χ4v) is 4.05. The third-order valence-corrected chi connectivity index (χ3v) is 5.54. The second-order valence-corrected chi connectivity index (χ2v) is 7.30. The average molecular weight is 326 g/mol. The highest BCUT2D eigenvalue weighted by Gasteiger charge is 2.25. The maximum absolute atomic E-state index is 12.5. The van der Waals surface area contributed by atoms with Gasteiger partial charge in [0.2, 0.25) is 0 Å². The summed E-state index contributed by atoms with van der Waals surface area (Å²) in [6.45, 7) is 0. The zero-order valence-corrected chi connectivity index (χ0v) is 13.5. The van der Waals surface area contributed by atoms with Crippen LogP contribution < -0.4 is 10.6 Å². The molecule has 2 N–H and O–H groups in total. The van der Waals surface area contributed by atoms with Gasteiger partial charge in [0.05, 0.1) is 16.1 Å². The van der Waals surface area contributed by atoms with Gasteiger partial charge in [0.15, 0.2) is 0 Å². The van der Waals surface area contributed by atoms with Crippen LogP contribution in [0.1, 0.15) is 49.7 Å². The van der Waals surface area contributed by atoms with E-state index in [4.69, 9.17) is 0 Å². The lowest BCUT2D eigenvalue weighted by Gasteiger charge is -2.10. The van der Waals surface area contributed by atoms with E-state index < -0.39 is 0 Å². The number of anilines is 1. The quantitative estimate of drug-likeness (QED) is 0.905. The van der Waals surface area contributed by atoms with Gasteiger partial charge in [0.25, 0.3) is 11.8 Å². The predicted octanol–water partition coefficient (Wildman–Crippen LogP) is 3.38. The fourth-order valence-electron chi connectivity index (χ4n) is 2.91. The summed E-state index contributed by atoms with van der Waals surface area (Å²) < 4.78 is 0. The molecule has 1 heterocycles. The van der Waals surface area contributed by atoms with Gasteiger partial charge in [-0.2, -0.15) is 0 Å². The molecule has 1 saturated carbocycles. The minimum atomic E-state index is -0.129. The minimum Gasteiger partial charge on any atom is -0.349 e. The number of thiophene rings is 1. The Bertz CT molecular complexity index is 756. The third kappa shape index (κ3) is 3.01. The van der Waals surface area contributed by atoms with Crippen molar-refractivity contribution in [2.75, 3.05) is 5.32 Å². The summed E-state index contributed by atoms with van der Waals surface area (Å²) >= 11 is 1.57. The summed E-state index contributed by atoms with van der Waals surface area (Å²) in [5, 5.41) is 5.87. The number of benzene rings is 1. The zero-order valence-electron chi connectivity index (χ0n) is 12.7. The predicted molar refractivity (Wildman–Crippen MR) is 91.2 cm³/mol. The largest absolute Gasteiger partial charge is 0.349 e. The molecule has 1 aromatic carbocycles. The van der Waals surface area contributed by atoms with E-state index in [-0.39, 0.29) is 11.8 Å². The van der Waals surface area contributed by atoms with Crippen LogP contribution in [0.4, 0.5) is 5.69 Å². The summed E-state index contributed by atoms with van der Waals surface area (Å²) in [4.78, 5) is 26.8. The molecule has 2 amide bonds. The summed E-state index contributed by atoms with van der Waals surface area (Å²) in [5.41, 5.74) is 2.40. The van der Waals surface area contributed by atoms with Gasteiger partial charge in [-0.25, -0.2) is 0 Å². The van der Waals surface area contributed by atoms with Crippen LogP contribution in [-0.4, -0.2) is 17.9 Å². The summed E-state index contributed by atoms with van der Waals surface area (Å²) in [7, 11) is 0. The second kappa shape index (κ2) is 5.81. The van der Waals surface area contributed by atoms with Crippen molar-refractivity contribution < 1.29 is 9.59 Å². The van der Waals surface area contributed by atoms with Crippen molar-refractivity contribution in [1.29, 1.82) is 0 Å². The number of rotatable bonds is 4. The van der Waals surface area contributed by atoms with Crippen molar-refractivity contribution in [3.63, 3.8) is 0 Å². The summed E-state index contributed by atoms with van der Waals surface area (Å²) in [6, 6.07) is 9.47. The van der Waals surface area contributed by atoms with Crippen LogP contribution in [0.5, 0.6) is 0 Å². The molecule has 0 saturated heterocycles. The minimum absolute atomic E-state index is 0.114. The van der Waals surface area contributed by atoms with Gasteiger partial charge in [0, 0.05) is 10.9 Å². The van der Waals surface area contributed by atoms with E-state index in [1.807, 2.05) is 18.2 Å². The van der Waals surface area contributed by atoms with Crippen LogP contribution in [0.2, 0.25) is 0 Å². The molecule has 0 bridgehead atoms. The van der Waals surface area contributed by atoms with Crippen molar-refractivity contribution in [1.82, 2.24) is 5.32 Å². The van der Waals surface area contributed by atoms with Crippen LogP contribution in [0.25, 0.3) is 0 Å². The highest BCUT2D eigenvalue weighted by atomic mass is 32.1. The Morgan fingerprint density at radius 2 is 1.91 bits per heavy atom. The molecule has 2 aromatic rings. The molecule has 1 aromatic heterocycles. The lowest BCUT2D eigenvalue weighted by Crippen LogP contribution is -2.26. The van der Waals surface area contributed by atoms with Gasteiger partial charge in [-0.1, -0.05) is 12.1 Å². The number of para-hydroxylation sites is 1. The number of nitrogens with one attached hydrogen (secondary N) is 2. The molecule has 4 nitrogen and oxygen atoms in total. The molecule has 0 atom stereocenters. The Kier molecular flexibility index (Phi) is 3.65. The Labute approximate surface area is 138 Å². The van der Waals surface area contributed by atoms with Gasteiger partial charge in [-0.15, -0.1) is 11.3 Å². The topological polar surface area (TPSA) is 58.2 Å². The molecular formula is C18H18N2O2S. The normalized spacial score (nSPS) is 16.0. The Hall–Kier alpha value is -2.14. The van der Waals surface area contributed by atoms with Crippen LogP contribution in [0.3, 0.4) is 0 Å². The average Bonchev–Trinajstić information content (AvgIpc) is 3.08. The van der Waals surface area contributed by atoms with Crippen molar-refractivity contribution in [3.8, 4) is 0 Å². The number of fused-ring (bicyclic) bond motifs is 1. The Morgan fingerprint density at radius 3 is 2.70 bits per heavy atom. The molecule has 2 aliphatic rings. The molecule has 0 radical (unpaired) electrons. The van der Waals surface area contributed by atoms with Crippen molar-refractivity contribution >= 4 is 28.8 Å². The molecular weight excluding hydrogens is 308 g/mol. The maximum Gasteiger partial charge on any atom is 0.265 e. The first kappa shape index (κ1) is 14.5. The smallest absolute Gasteiger partial charge is 0.265 e. The van der Waals surface area contributed by atoms with Gasteiger partial charge < -0.3 is 10.6 Å². The lowest BCUT2D eigenvalue weighted by molar-refractivity contribution is 0.0952. The number of hydrogen-bond acceptors (Lipinski definition) is 3. The Morgan fingerprint density at radius 1 is 1.09 bits per heavy atom. The SMILES string of the molecule is O=C(Nc1ccccc1C(=O)NC1CC1)c1cc2c(s1)CCC2. The second-order valence-electron chi connectivity index (χ2n) is 6.16. The molecule has 118 valence electrons. The van der Waals surface area contributed by atoms with E-state index in [9.17, 15) is 9.59 Å². The first-order valence-corrected chi connectivity index (χ1v) is 8.85. The van der Waals surface area contributed by atoms with E-state index in [1.165, 1.54) is 16.9 Å². The van der Waals surface area contributed by atoms with Crippen molar-refractivity contribution in [2.45, 2.75) is 38.1 Å². The van der Waals surface area contributed by atoms with Gasteiger partial charge in [0.1, 0.15) is 0 Å². The monoisotopic (exact) mass is 326 g/mol. The number of hydrogen-bond donors (Lipinski definition) is 2. The highest BCUT2D eigenvalue weighted by molar-refractivity contribution is 7.14. The van der Waals surface area contributed by atoms with Crippen LogP contribution in [0.15, 0.2) is 30.3 Å². The van der Waals surface area contributed by atoms with Crippen LogP contribution in [0, 0.1) is 0 Å². The van der Waals surface area contributed by atoms with E-state index in [0.29, 0.717) is 17.3 Å². The van der Waals surface area contributed by atoms with Crippen LogP contribution in [-0.2, 0) is 12.8 Å². The molecule has 1 fully saturated rings. The Balaban J connectivity index is 1.53. The summed E-state index contributed by atoms with van der Waals surface area (Å²) in [5.74, 6) is -0.242. The first-order valence-electron chi connectivity index (χ1n) is 8.03. The van der Waals surface area contributed by atoms with E-state index >= 15 is 0 Å². The van der Waals surface area contributed by atoms with E-state index in [2.05, 4.69) is 10.6 Å². The van der Waals surface area contributed by atoms with E-state index in [1.54, 1.807) is 23.5 Å². The number of carbonyl (C=O) groups is 2. The number of amides is 2. The first-order chi connectivity index (χ1) is 11.2. The molecule has 0 unspecified atom stereocenters. The lowest BCUT2D eigenvalue weighted by atomic mass is 10.1. The molecule has 4 rings (SSSR count). The van der Waals surface area contributed by atoms with Gasteiger partial charge in [-0.3, -0.25) is 9.59 Å². The standard InChI is InChI=1S/C18H18N2O2S/c21-17(19-12-8-9-12)13-5-1-2-6-14(13)20-18(22)16-10-11-4-3-7-15(11)23-16/h1-2,5-6,10,12H,3-4,7-9H2,(H,19,21)(H,20,22). The fraction of sp³-hybridized carbons (Fsp3) is 0.333. The summed E-state index contributed by atoms with van der Waals surface area (Å²) in [6.07, 6.45) is 5.42. The molecule has 0 aliphatic heterocycles. The highest BCUT2D eigenvalue weighted by Crippen LogP contribution is 2.31.